The van der Waals surface area contributed by atoms with E-state index in [1.165, 1.54) is 24.0 Å². The third-order valence-corrected chi connectivity index (χ3v) is 13.0. The first kappa shape index (κ1) is 45.9. The fourth-order valence-electron chi connectivity index (χ4n) is 8.56. The summed E-state index contributed by atoms with van der Waals surface area (Å²) in [6.07, 6.45) is 13.4. The Hall–Kier alpha value is -1.52. The molecule has 12 heteroatoms. The lowest BCUT2D eigenvalue weighted by molar-refractivity contribution is -0.107. The molecule has 5 rings (SSSR count). The Kier molecular flexibility index (Phi) is 17.4. The summed E-state index contributed by atoms with van der Waals surface area (Å²) in [6.45, 7) is 13.7. The van der Waals surface area contributed by atoms with Crippen molar-refractivity contribution < 1.29 is 28.2 Å². The maximum absolute atomic E-state index is 12.9. The number of carbonyl (C=O) groups excluding carboxylic acids is 2. The molecule has 1 aromatic carbocycles. The molecule has 1 saturated heterocycles. The van der Waals surface area contributed by atoms with Crippen LogP contribution in [0.5, 0.6) is 5.75 Å². The van der Waals surface area contributed by atoms with Gasteiger partial charge in [0.1, 0.15) is 12.0 Å². The summed E-state index contributed by atoms with van der Waals surface area (Å²) in [6, 6.07) is 6.81. The molecule has 5 unspecified atom stereocenters. The smallest absolute Gasteiger partial charge is 0.410 e. The van der Waals surface area contributed by atoms with Crippen LogP contribution in [0.2, 0.25) is 5.21 Å². The molecular formula is C41H65B3F2N2O4S. The van der Waals surface area contributed by atoms with E-state index in [4.69, 9.17) is 20.4 Å². The molecule has 6 nitrogen and oxygen atoms in total. The van der Waals surface area contributed by atoms with E-state index >= 15 is 0 Å². The molecule has 1 heterocycles. The number of ether oxygens (including phenoxy) is 1. The van der Waals surface area contributed by atoms with E-state index in [1.54, 1.807) is 0 Å². The van der Waals surface area contributed by atoms with Crippen molar-refractivity contribution in [1.82, 2.24) is 9.80 Å². The zero-order valence-corrected chi connectivity index (χ0v) is 34.3. The standard InChI is InChI=1S/C30H44N2O4.C6H14.C5H7B3F2S/c1-30-15-12-25-24-9-7-23(20-21(24)6-8-26(25)27(30)10-11-28(30)34)36-29(35)32-17-13-22(14-18-32)31(2)16-4-3-5-19-33;1-5-6(2,3)4;6-4(7,2-1-3-11)5(8,9)10/h7,9,19-20,22,25-28,34H,3-6,8,10-18H2,1-2H3;5H2,1-4H3;11H,1-3H2. The second-order valence-electron chi connectivity index (χ2n) is 17.5. The highest BCUT2D eigenvalue weighted by Gasteiger charge is 2.54. The molecule has 3 fully saturated rings. The van der Waals surface area contributed by atoms with E-state index in [2.05, 4.69) is 79.2 Å². The number of rotatable bonds is 11. The molecule has 53 heavy (non-hydrogen) atoms. The number of nitrogens with zero attached hydrogens (tertiary/aromatic N) is 2. The average molecular weight is 752 g/mol. The number of halogens is 2. The highest BCUT2D eigenvalue weighted by atomic mass is 32.1. The highest BCUT2D eigenvalue weighted by Crippen LogP contribution is 2.61. The van der Waals surface area contributed by atoms with Crippen molar-refractivity contribution in [2.45, 2.75) is 154 Å². The fraction of sp³-hybridized carbons (Fsp3) is 0.805. The number of aliphatic hydroxyl groups is 1. The van der Waals surface area contributed by atoms with Gasteiger partial charge in [-0.15, -0.1) is 0 Å². The Morgan fingerprint density at radius 1 is 1.08 bits per heavy atom. The van der Waals surface area contributed by atoms with Crippen LogP contribution in [0.3, 0.4) is 0 Å². The Morgan fingerprint density at radius 3 is 2.32 bits per heavy atom. The number of aldehydes is 1. The van der Waals surface area contributed by atoms with Crippen LogP contribution in [0.25, 0.3) is 0 Å². The third-order valence-electron chi connectivity index (χ3n) is 12.7. The number of benzene rings is 1. The van der Waals surface area contributed by atoms with Crippen molar-refractivity contribution in [3.8, 4) is 5.75 Å². The zero-order valence-electron chi connectivity index (χ0n) is 33.4. The van der Waals surface area contributed by atoms with Crippen LogP contribution in [-0.4, -0.2) is 101 Å². The van der Waals surface area contributed by atoms with Crippen LogP contribution in [0, 0.1) is 22.7 Å². The van der Waals surface area contributed by atoms with E-state index in [1.807, 2.05) is 11.0 Å². The van der Waals surface area contributed by atoms with Gasteiger partial charge in [-0.3, -0.25) is 0 Å². The number of unbranched alkanes of at least 4 members (excludes halogenated alkanes) is 2. The summed E-state index contributed by atoms with van der Waals surface area (Å²) in [5, 5.41) is 8.51. The second kappa shape index (κ2) is 20.1. The molecular weight excluding hydrogens is 687 g/mol. The Balaban J connectivity index is 0.000000371. The lowest BCUT2D eigenvalue weighted by Crippen LogP contribution is -2.46. The van der Waals surface area contributed by atoms with Crippen molar-refractivity contribution in [1.29, 1.82) is 0 Å². The normalized spacial score (nSPS) is 25.9. The van der Waals surface area contributed by atoms with E-state index in [0.717, 1.165) is 83.7 Å². The van der Waals surface area contributed by atoms with Crippen molar-refractivity contribution in [2.75, 3.05) is 32.4 Å². The Bertz CT molecular complexity index is 1300. The van der Waals surface area contributed by atoms with Gasteiger partial charge in [0.2, 0.25) is 0 Å². The Labute approximate surface area is 329 Å². The molecule has 1 N–H and O–H groups in total. The van der Waals surface area contributed by atoms with Crippen LogP contribution in [0.1, 0.15) is 135 Å². The first-order valence-corrected chi connectivity index (χ1v) is 20.7. The first-order valence-electron chi connectivity index (χ1n) is 20.0. The van der Waals surface area contributed by atoms with Gasteiger partial charge in [-0.05, 0) is 147 Å². The monoisotopic (exact) mass is 752 g/mol. The van der Waals surface area contributed by atoms with Crippen LogP contribution >= 0.6 is 12.6 Å². The van der Waals surface area contributed by atoms with Crippen molar-refractivity contribution in [3.05, 3.63) is 29.3 Å². The number of hydrogen-bond acceptors (Lipinski definition) is 6. The topological polar surface area (TPSA) is 70.1 Å². The van der Waals surface area contributed by atoms with Crippen molar-refractivity contribution in [3.63, 3.8) is 0 Å². The number of carbonyl (C=O) groups is 2. The average Bonchev–Trinajstić information content (AvgIpc) is 3.42. The molecule has 1 amide bonds. The van der Waals surface area contributed by atoms with E-state index in [0.29, 0.717) is 53.6 Å². The molecule has 5 atom stereocenters. The maximum Gasteiger partial charge on any atom is 0.415 e. The third kappa shape index (κ3) is 12.7. The molecule has 0 bridgehead atoms. The van der Waals surface area contributed by atoms with Crippen LogP contribution in [0.15, 0.2) is 18.2 Å². The predicted molar refractivity (Wildman–Crippen MR) is 218 cm³/mol. The zero-order chi connectivity index (χ0) is 39.6. The molecule has 0 spiro atoms. The van der Waals surface area contributed by atoms with Gasteiger partial charge in [0, 0.05) is 25.6 Å². The number of piperidine rings is 1. The highest BCUT2D eigenvalue weighted by molar-refractivity contribution is 7.80. The van der Waals surface area contributed by atoms with Crippen LogP contribution < -0.4 is 4.74 Å². The Morgan fingerprint density at radius 2 is 1.74 bits per heavy atom. The van der Waals surface area contributed by atoms with Crippen LogP contribution in [0.4, 0.5) is 13.6 Å². The quantitative estimate of drug-likeness (QED) is 0.103. The van der Waals surface area contributed by atoms with Gasteiger partial charge in [-0.1, -0.05) is 53.5 Å². The molecule has 1 aliphatic heterocycles. The second-order valence-corrected chi connectivity index (χ2v) is 18.0. The van der Waals surface area contributed by atoms with Gasteiger partial charge in [-0.25, -0.2) is 13.6 Å². The number of thiol groups is 1. The lowest BCUT2D eigenvalue weighted by atomic mass is 9.45. The van der Waals surface area contributed by atoms with Gasteiger partial charge in [-0.2, -0.15) is 12.6 Å². The molecule has 2 saturated carbocycles. The number of amides is 1. The van der Waals surface area contributed by atoms with Crippen molar-refractivity contribution in [2.24, 2.45) is 22.7 Å². The van der Waals surface area contributed by atoms with Crippen molar-refractivity contribution >= 4 is 48.5 Å². The number of aliphatic hydroxyl groups excluding tert-OH is 1. The van der Waals surface area contributed by atoms with Gasteiger partial charge < -0.3 is 24.4 Å². The largest absolute Gasteiger partial charge is 0.415 e. The minimum atomic E-state index is -3.53. The molecule has 4 aliphatic rings. The summed E-state index contributed by atoms with van der Waals surface area (Å²) in [4.78, 5) is 27.6. The van der Waals surface area contributed by atoms with Gasteiger partial charge >= 0.3 is 6.09 Å². The molecule has 0 aromatic heterocycles. The minimum Gasteiger partial charge on any atom is -0.410 e. The summed E-state index contributed by atoms with van der Waals surface area (Å²) in [5.74, 6) is -0.510. The summed E-state index contributed by atoms with van der Waals surface area (Å²) in [5.41, 5.74) is 3.44. The lowest BCUT2D eigenvalue weighted by Gasteiger charge is -2.50. The number of hydrogen-bond donors (Lipinski definition) is 2. The number of aryl methyl sites for hydroxylation is 1. The summed E-state index contributed by atoms with van der Waals surface area (Å²) >= 11 is 3.83. The summed E-state index contributed by atoms with van der Waals surface area (Å²) in [7, 11) is 16.7. The molecule has 3 aliphatic carbocycles. The number of likely N-dealkylation sites (tertiary alicyclic amines) is 1. The van der Waals surface area contributed by atoms with Gasteiger partial charge in [0.15, 0.2) is 13.7 Å². The SMILES string of the molecule is CCC(C)(C)C.CN(CCCCC=O)C1CCN(C(=O)Oc2ccc3c(c2)CCC2C3CCC3(C)C(O)CCC23)CC1.[B]C(F)(F)C([B])([B])CCCS. The van der Waals surface area contributed by atoms with E-state index in [-0.39, 0.29) is 24.0 Å². The number of fused-ring (bicyclic) bond motifs is 5. The first-order chi connectivity index (χ1) is 24.8. The molecule has 292 valence electrons. The van der Waals surface area contributed by atoms with E-state index < -0.39 is 11.0 Å². The minimum absolute atomic E-state index is 0.0417. The van der Waals surface area contributed by atoms with E-state index in [9.17, 15) is 23.5 Å². The van der Waals surface area contributed by atoms with Gasteiger partial charge in [0.25, 0.3) is 0 Å². The maximum atomic E-state index is 12.9. The fourth-order valence-corrected chi connectivity index (χ4v) is 8.72. The molecule has 6 radical (unpaired) electrons. The summed E-state index contributed by atoms with van der Waals surface area (Å²) < 4.78 is 30.5. The predicted octanol–water partition coefficient (Wildman–Crippen LogP) is 8.52. The number of alkyl halides is 2. The molecule has 1 aromatic rings. The van der Waals surface area contributed by atoms with Crippen LogP contribution in [-0.2, 0) is 11.2 Å². The van der Waals surface area contributed by atoms with Gasteiger partial charge in [0.05, 0.1) is 21.8 Å².